The Bertz CT molecular complexity index is 492. The van der Waals surface area contributed by atoms with Gasteiger partial charge in [-0.3, -0.25) is 0 Å². The average molecular weight is 263 g/mol. The number of amidine groups is 1. The van der Waals surface area contributed by atoms with E-state index in [2.05, 4.69) is 5.16 Å². The second-order valence-electron chi connectivity index (χ2n) is 3.22. The Morgan fingerprint density at radius 2 is 2.25 bits per heavy atom. The first-order valence-electron chi connectivity index (χ1n) is 4.37. The fourth-order valence-corrected chi connectivity index (χ4v) is 3.69. The summed E-state index contributed by atoms with van der Waals surface area (Å²) in [5, 5.41) is 11.1. The van der Waals surface area contributed by atoms with E-state index in [9.17, 15) is 8.42 Å². The third-order valence-corrected chi connectivity index (χ3v) is 5.16. The zero-order valence-corrected chi connectivity index (χ0v) is 10.5. The van der Waals surface area contributed by atoms with Crippen LogP contribution < -0.4 is 5.73 Å². The molecule has 90 valence electrons. The molecule has 1 aromatic rings. The first-order chi connectivity index (χ1) is 7.37. The fourth-order valence-electron chi connectivity index (χ4n) is 1.05. The van der Waals surface area contributed by atoms with E-state index in [4.69, 9.17) is 10.9 Å². The molecular formula is C8H13N3O3S2. The first-order valence-corrected chi connectivity index (χ1v) is 6.62. The minimum Gasteiger partial charge on any atom is -0.409 e. The molecule has 1 rings (SSSR count). The molecule has 8 heteroatoms. The van der Waals surface area contributed by atoms with Gasteiger partial charge < -0.3 is 10.9 Å². The van der Waals surface area contributed by atoms with E-state index < -0.39 is 10.0 Å². The molecule has 0 spiro atoms. The van der Waals surface area contributed by atoms with Crippen LogP contribution in [0.3, 0.4) is 0 Å². The Balaban J connectivity index is 2.94. The van der Waals surface area contributed by atoms with Crippen LogP contribution in [0.1, 0.15) is 4.88 Å². The monoisotopic (exact) mass is 263 g/mol. The molecule has 3 N–H and O–H groups in total. The summed E-state index contributed by atoms with van der Waals surface area (Å²) in [6, 6.07) is 3.27. The van der Waals surface area contributed by atoms with Crippen LogP contribution in [0.4, 0.5) is 0 Å². The minimum absolute atomic E-state index is 0.143. The average Bonchev–Trinajstić information content (AvgIpc) is 2.65. The number of likely N-dealkylation sites (N-methyl/N-ethyl adjacent to an activating group) is 1. The highest BCUT2D eigenvalue weighted by atomic mass is 32.2. The topological polar surface area (TPSA) is 96.0 Å². The summed E-state index contributed by atoms with van der Waals surface area (Å²) in [6.45, 7) is 1.68. The molecule has 0 saturated heterocycles. The molecule has 0 atom stereocenters. The molecule has 0 saturated carbocycles. The number of sulfonamides is 1. The lowest BCUT2D eigenvalue weighted by molar-refractivity contribution is 0.315. The van der Waals surface area contributed by atoms with Gasteiger partial charge in [-0.25, -0.2) is 8.42 Å². The van der Waals surface area contributed by atoms with Crippen molar-refractivity contribution < 1.29 is 13.6 Å². The zero-order valence-electron chi connectivity index (χ0n) is 8.91. The summed E-state index contributed by atoms with van der Waals surface area (Å²) >= 11 is 1.18. The SMILES string of the molecule is Cc1ccc(S(=O)(=O)N(C)CC(N)=NO)s1. The smallest absolute Gasteiger partial charge is 0.252 e. The Morgan fingerprint density at radius 1 is 1.62 bits per heavy atom. The molecule has 0 unspecified atom stereocenters. The molecule has 0 amide bonds. The number of hydrogen-bond donors (Lipinski definition) is 2. The van der Waals surface area contributed by atoms with Crippen LogP contribution >= 0.6 is 11.3 Å². The molecule has 6 nitrogen and oxygen atoms in total. The van der Waals surface area contributed by atoms with Crippen molar-refractivity contribution in [3.05, 3.63) is 17.0 Å². The fraction of sp³-hybridized carbons (Fsp3) is 0.375. The zero-order chi connectivity index (χ0) is 12.3. The quantitative estimate of drug-likeness (QED) is 0.356. The predicted octanol–water partition coefficient (Wildman–Crippen LogP) is 0.423. The Kier molecular flexibility index (Phi) is 3.89. The van der Waals surface area contributed by atoms with Crippen molar-refractivity contribution in [2.45, 2.75) is 11.1 Å². The van der Waals surface area contributed by atoms with Crippen LogP contribution in [0.25, 0.3) is 0 Å². The highest BCUT2D eigenvalue weighted by Crippen LogP contribution is 2.23. The van der Waals surface area contributed by atoms with Crippen LogP contribution in [0.2, 0.25) is 0 Å². The summed E-state index contributed by atoms with van der Waals surface area (Å²) in [4.78, 5) is 0.913. The van der Waals surface area contributed by atoms with Gasteiger partial charge in [-0.15, -0.1) is 11.3 Å². The van der Waals surface area contributed by atoms with E-state index in [0.717, 1.165) is 9.18 Å². The summed E-state index contributed by atoms with van der Waals surface area (Å²) < 4.78 is 25.2. The maximum atomic E-state index is 11.9. The highest BCUT2D eigenvalue weighted by Gasteiger charge is 2.23. The van der Waals surface area contributed by atoms with E-state index in [-0.39, 0.29) is 16.6 Å². The molecular weight excluding hydrogens is 250 g/mol. The molecule has 0 bridgehead atoms. The summed E-state index contributed by atoms with van der Waals surface area (Å²) in [5.74, 6) is -0.153. The van der Waals surface area contributed by atoms with Crippen LogP contribution in [-0.4, -0.2) is 37.4 Å². The van der Waals surface area contributed by atoms with Crippen LogP contribution in [0, 0.1) is 6.92 Å². The minimum atomic E-state index is -3.54. The van der Waals surface area contributed by atoms with Crippen molar-refractivity contribution in [1.29, 1.82) is 0 Å². The largest absolute Gasteiger partial charge is 0.409 e. The highest BCUT2D eigenvalue weighted by molar-refractivity contribution is 7.91. The second-order valence-corrected chi connectivity index (χ2v) is 6.78. The van der Waals surface area contributed by atoms with Crippen molar-refractivity contribution in [1.82, 2.24) is 4.31 Å². The molecule has 1 aromatic heterocycles. The number of nitrogens with zero attached hydrogens (tertiary/aromatic N) is 2. The van der Waals surface area contributed by atoms with Crippen LogP contribution in [0.15, 0.2) is 21.5 Å². The molecule has 0 aliphatic carbocycles. The van der Waals surface area contributed by atoms with Gasteiger partial charge in [0.1, 0.15) is 4.21 Å². The third-order valence-electron chi connectivity index (χ3n) is 1.89. The van der Waals surface area contributed by atoms with E-state index in [1.54, 1.807) is 6.07 Å². The number of aryl methyl sites for hydroxylation is 1. The van der Waals surface area contributed by atoms with Crippen molar-refractivity contribution in [3.8, 4) is 0 Å². The van der Waals surface area contributed by atoms with Crippen molar-refractivity contribution in [2.75, 3.05) is 13.6 Å². The molecule has 0 radical (unpaired) electrons. The third kappa shape index (κ3) is 2.71. The van der Waals surface area contributed by atoms with Gasteiger partial charge in [-0.1, -0.05) is 5.16 Å². The summed E-state index contributed by atoms with van der Waals surface area (Å²) in [5.41, 5.74) is 5.25. The Hall–Kier alpha value is -1.12. The van der Waals surface area contributed by atoms with E-state index >= 15 is 0 Å². The van der Waals surface area contributed by atoms with Crippen LogP contribution in [0.5, 0.6) is 0 Å². The molecule has 0 fully saturated rings. The number of hydrogen-bond acceptors (Lipinski definition) is 5. The molecule has 0 aromatic carbocycles. The first kappa shape index (κ1) is 12.9. The van der Waals surface area contributed by atoms with Crippen molar-refractivity contribution in [3.63, 3.8) is 0 Å². The van der Waals surface area contributed by atoms with Gasteiger partial charge in [0.25, 0.3) is 10.0 Å². The lowest BCUT2D eigenvalue weighted by atomic mass is 10.5. The Morgan fingerprint density at radius 3 is 2.69 bits per heavy atom. The summed E-state index contributed by atoms with van der Waals surface area (Å²) in [7, 11) is -2.17. The Labute approximate surface area is 98.0 Å². The van der Waals surface area contributed by atoms with Gasteiger partial charge in [-0.2, -0.15) is 4.31 Å². The van der Waals surface area contributed by atoms with Crippen molar-refractivity contribution >= 4 is 27.2 Å². The lowest BCUT2D eigenvalue weighted by Gasteiger charge is -2.14. The van der Waals surface area contributed by atoms with Gasteiger partial charge in [0.05, 0.1) is 6.54 Å². The predicted molar refractivity (Wildman–Crippen MR) is 62.3 cm³/mol. The van der Waals surface area contributed by atoms with Gasteiger partial charge in [0.2, 0.25) is 0 Å². The van der Waals surface area contributed by atoms with Gasteiger partial charge in [0, 0.05) is 11.9 Å². The van der Waals surface area contributed by atoms with Gasteiger partial charge in [0.15, 0.2) is 5.84 Å². The second kappa shape index (κ2) is 4.81. The van der Waals surface area contributed by atoms with E-state index in [0.29, 0.717) is 0 Å². The summed E-state index contributed by atoms with van der Waals surface area (Å²) in [6.07, 6.45) is 0. The number of oxime groups is 1. The maximum absolute atomic E-state index is 11.9. The van der Waals surface area contributed by atoms with E-state index in [1.807, 2.05) is 6.92 Å². The molecule has 0 aliphatic heterocycles. The number of rotatable bonds is 4. The standard InChI is InChI=1S/C8H13N3O3S2/c1-6-3-4-8(15-6)16(13,14)11(2)5-7(9)10-12/h3-4,12H,5H2,1-2H3,(H2,9,10). The number of thiophene rings is 1. The molecule has 16 heavy (non-hydrogen) atoms. The molecule has 1 heterocycles. The lowest BCUT2D eigenvalue weighted by Crippen LogP contribution is -2.35. The normalized spacial score (nSPS) is 13.3. The van der Waals surface area contributed by atoms with E-state index in [1.165, 1.54) is 24.5 Å². The van der Waals surface area contributed by atoms with Gasteiger partial charge >= 0.3 is 0 Å². The van der Waals surface area contributed by atoms with Crippen LogP contribution in [-0.2, 0) is 10.0 Å². The number of nitrogens with two attached hydrogens (primary N) is 1. The maximum Gasteiger partial charge on any atom is 0.252 e. The van der Waals surface area contributed by atoms with Crippen molar-refractivity contribution in [2.24, 2.45) is 10.9 Å². The van der Waals surface area contributed by atoms with Gasteiger partial charge in [-0.05, 0) is 19.1 Å². The molecule has 0 aliphatic rings.